The monoisotopic (exact) mass is 530 g/mol. The molecule has 1 N–H and O–H groups in total. The summed E-state index contributed by atoms with van der Waals surface area (Å²) in [6.07, 6.45) is 2.23. The Balaban J connectivity index is 1.50. The van der Waals surface area contributed by atoms with Gasteiger partial charge in [-0.3, -0.25) is 19.4 Å². The minimum Gasteiger partial charge on any atom is -0.497 e. The fourth-order valence-corrected chi connectivity index (χ4v) is 4.20. The standard InChI is InChI=1S/C30H27ClN2O5/c1-3-38-27(34)16-22-18-33-28(25-13-12-24(37-2)17-26(22)25)29(35)20-6-8-21(9-7-20)30(36)32-15-14-19-4-10-23(31)11-5-19/h4-13,17-18H,3,14-16H2,1-2H3,(H,32,36). The van der Waals surface area contributed by atoms with Crippen molar-refractivity contribution in [2.45, 2.75) is 19.8 Å². The van der Waals surface area contributed by atoms with Gasteiger partial charge >= 0.3 is 5.97 Å². The number of nitrogens with zero attached hydrogens (tertiary/aromatic N) is 1. The highest BCUT2D eigenvalue weighted by atomic mass is 35.5. The number of halogens is 1. The second-order valence-corrected chi connectivity index (χ2v) is 9.00. The maximum Gasteiger partial charge on any atom is 0.310 e. The molecule has 0 aliphatic carbocycles. The van der Waals surface area contributed by atoms with Crippen molar-refractivity contribution >= 4 is 40.0 Å². The second kappa shape index (κ2) is 12.3. The zero-order valence-electron chi connectivity index (χ0n) is 21.1. The van der Waals surface area contributed by atoms with Crippen molar-refractivity contribution in [1.82, 2.24) is 10.3 Å². The summed E-state index contributed by atoms with van der Waals surface area (Å²) in [5.41, 5.74) is 2.80. The summed E-state index contributed by atoms with van der Waals surface area (Å²) in [6.45, 7) is 2.49. The number of carbonyl (C=O) groups excluding carboxylic acids is 3. The van der Waals surface area contributed by atoms with Gasteiger partial charge in [0.1, 0.15) is 11.4 Å². The fraction of sp³-hybridized carbons (Fsp3) is 0.200. The molecule has 0 saturated carbocycles. The van der Waals surface area contributed by atoms with Gasteiger partial charge in [-0.15, -0.1) is 0 Å². The number of nitrogens with one attached hydrogen (secondary N) is 1. The lowest BCUT2D eigenvalue weighted by Crippen LogP contribution is -2.25. The molecule has 0 spiro atoms. The van der Waals surface area contributed by atoms with E-state index in [4.69, 9.17) is 21.1 Å². The molecule has 4 rings (SSSR count). The average molecular weight is 531 g/mol. The van der Waals surface area contributed by atoms with Crippen molar-refractivity contribution in [1.29, 1.82) is 0 Å². The van der Waals surface area contributed by atoms with E-state index in [0.717, 1.165) is 5.56 Å². The lowest BCUT2D eigenvalue weighted by atomic mass is 9.98. The van der Waals surface area contributed by atoms with Crippen molar-refractivity contribution in [2.75, 3.05) is 20.3 Å². The summed E-state index contributed by atoms with van der Waals surface area (Å²) < 4.78 is 10.4. The predicted molar refractivity (Wildman–Crippen MR) is 146 cm³/mol. The van der Waals surface area contributed by atoms with Gasteiger partial charge in [0.15, 0.2) is 0 Å². The number of benzene rings is 3. The number of hydrogen-bond acceptors (Lipinski definition) is 6. The van der Waals surface area contributed by atoms with Crippen LogP contribution in [0, 0.1) is 0 Å². The molecule has 194 valence electrons. The van der Waals surface area contributed by atoms with Crippen LogP contribution < -0.4 is 10.1 Å². The number of hydrogen-bond donors (Lipinski definition) is 1. The molecule has 4 aromatic rings. The Hall–Kier alpha value is -4.23. The van der Waals surface area contributed by atoms with Crippen LogP contribution in [0.25, 0.3) is 10.8 Å². The predicted octanol–water partition coefficient (Wildman–Crippen LogP) is 5.21. The number of carbonyl (C=O) groups is 3. The molecular formula is C30H27ClN2O5. The summed E-state index contributed by atoms with van der Waals surface area (Å²) in [6, 6.07) is 19.2. The van der Waals surface area contributed by atoms with Gasteiger partial charge in [-0.05, 0) is 72.3 Å². The molecule has 0 bridgehead atoms. The lowest BCUT2D eigenvalue weighted by Gasteiger charge is -2.12. The van der Waals surface area contributed by atoms with Crippen molar-refractivity contribution in [3.05, 3.63) is 106 Å². The Morgan fingerprint density at radius 3 is 2.32 bits per heavy atom. The van der Waals surface area contributed by atoms with Crippen LogP contribution in [0.15, 0.2) is 72.9 Å². The molecule has 3 aromatic carbocycles. The highest BCUT2D eigenvalue weighted by Gasteiger charge is 2.19. The minimum atomic E-state index is -0.375. The van der Waals surface area contributed by atoms with Crippen LogP contribution >= 0.6 is 11.6 Å². The summed E-state index contributed by atoms with van der Waals surface area (Å²) in [4.78, 5) is 42.5. The third-order valence-corrected chi connectivity index (χ3v) is 6.31. The quantitative estimate of drug-likeness (QED) is 0.223. The summed E-state index contributed by atoms with van der Waals surface area (Å²) in [5.74, 6) is -0.298. The van der Waals surface area contributed by atoms with E-state index >= 15 is 0 Å². The van der Waals surface area contributed by atoms with Crippen LogP contribution in [0.2, 0.25) is 5.02 Å². The first-order valence-corrected chi connectivity index (χ1v) is 12.6. The van der Waals surface area contributed by atoms with Gasteiger partial charge in [-0.25, -0.2) is 0 Å². The number of amides is 1. The van der Waals surface area contributed by atoms with Crippen LogP contribution in [0.5, 0.6) is 5.75 Å². The molecule has 1 aromatic heterocycles. The lowest BCUT2D eigenvalue weighted by molar-refractivity contribution is -0.142. The number of rotatable bonds is 10. The van der Waals surface area contributed by atoms with E-state index in [1.165, 1.54) is 6.20 Å². The van der Waals surface area contributed by atoms with Gasteiger partial charge < -0.3 is 14.8 Å². The zero-order chi connectivity index (χ0) is 27.1. The third kappa shape index (κ3) is 6.36. The Morgan fingerprint density at radius 1 is 0.921 bits per heavy atom. The molecule has 0 atom stereocenters. The molecule has 0 unspecified atom stereocenters. The van der Waals surface area contributed by atoms with Crippen LogP contribution in [0.3, 0.4) is 0 Å². The molecular weight excluding hydrogens is 504 g/mol. The van der Waals surface area contributed by atoms with Gasteiger partial charge in [0.2, 0.25) is 5.78 Å². The van der Waals surface area contributed by atoms with Gasteiger partial charge in [-0.2, -0.15) is 0 Å². The molecule has 0 radical (unpaired) electrons. The molecule has 1 amide bonds. The number of esters is 1. The summed E-state index contributed by atoms with van der Waals surface area (Å²) >= 11 is 5.91. The largest absolute Gasteiger partial charge is 0.497 e. The van der Waals surface area contributed by atoms with Crippen LogP contribution in [-0.4, -0.2) is 42.9 Å². The van der Waals surface area contributed by atoms with Gasteiger partial charge in [-0.1, -0.05) is 35.9 Å². The summed E-state index contributed by atoms with van der Waals surface area (Å²) in [7, 11) is 1.55. The average Bonchev–Trinajstić information content (AvgIpc) is 2.94. The first kappa shape index (κ1) is 26.8. The topological polar surface area (TPSA) is 94.6 Å². The zero-order valence-corrected chi connectivity index (χ0v) is 21.9. The van der Waals surface area contributed by atoms with Gasteiger partial charge in [0, 0.05) is 34.3 Å². The number of pyridine rings is 1. The molecule has 0 aliphatic rings. The SMILES string of the molecule is CCOC(=O)Cc1cnc(C(=O)c2ccc(C(=O)NCCc3ccc(Cl)cc3)cc2)c2ccc(OC)cc12. The fourth-order valence-electron chi connectivity index (χ4n) is 4.08. The number of aromatic nitrogens is 1. The van der Waals surface area contributed by atoms with Crippen LogP contribution in [0.1, 0.15) is 44.5 Å². The Bertz CT molecular complexity index is 1470. The number of methoxy groups -OCH3 is 1. The van der Waals surface area contributed by atoms with Gasteiger partial charge in [0.05, 0.1) is 20.1 Å². The molecule has 38 heavy (non-hydrogen) atoms. The normalized spacial score (nSPS) is 10.7. The summed E-state index contributed by atoms with van der Waals surface area (Å²) in [5, 5.41) is 4.84. The van der Waals surface area contributed by atoms with Crippen molar-refractivity contribution in [2.24, 2.45) is 0 Å². The van der Waals surface area contributed by atoms with E-state index in [-0.39, 0.29) is 36.4 Å². The number of fused-ring (bicyclic) bond motifs is 1. The number of ketones is 1. The van der Waals surface area contributed by atoms with E-state index in [0.29, 0.717) is 51.2 Å². The molecule has 0 fully saturated rings. The van der Waals surface area contributed by atoms with E-state index < -0.39 is 0 Å². The molecule has 7 nitrogen and oxygen atoms in total. The second-order valence-electron chi connectivity index (χ2n) is 8.56. The van der Waals surface area contributed by atoms with Crippen molar-refractivity contribution in [3.63, 3.8) is 0 Å². The molecule has 0 saturated heterocycles. The Kier molecular flexibility index (Phi) is 8.71. The Labute approximate surface area is 225 Å². The van der Waals surface area contributed by atoms with Gasteiger partial charge in [0.25, 0.3) is 5.91 Å². The van der Waals surface area contributed by atoms with Crippen LogP contribution in [-0.2, 0) is 22.4 Å². The minimum absolute atomic E-state index is 0.0286. The maximum atomic E-state index is 13.4. The molecule has 1 heterocycles. The Morgan fingerprint density at radius 2 is 1.63 bits per heavy atom. The van der Waals surface area contributed by atoms with E-state index in [1.54, 1.807) is 56.5 Å². The van der Waals surface area contributed by atoms with E-state index in [2.05, 4.69) is 10.3 Å². The van der Waals surface area contributed by atoms with Crippen LogP contribution in [0.4, 0.5) is 0 Å². The maximum absolute atomic E-state index is 13.4. The highest BCUT2D eigenvalue weighted by Crippen LogP contribution is 2.28. The van der Waals surface area contributed by atoms with E-state index in [1.807, 2.05) is 24.3 Å². The smallest absolute Gasteiger partial charge is 0.310 e. The first-order valence-electron chi connectivity index (χ1n) is 12.2. The molecule has 0 aliphatic heterocycles. The highest BCUT2D eigenvalue weighted by molar-refractivity contribution is 6.30. The van der Waals surface area contributed by atoms with Crippen molar-refractivity contribution in [3.8, 4) is 5.75 Å². The third-order valence-electron chi connectivity index (χ3n) is 6.05. The molecule has 8 heteroatoms. The van der Waals surface area contributed by atoms with Crippen molar-refractivity contribution < 1.29 is 23.9 Å². The number of ether oxygens (including phenoxy) is 2. The first-order chi connectivity index (χ1) is 18.4. The van der Waals surface area contributed by atoms with E-state index in [9.17, 15) is 14.4 Å².